The predicted molar refractivity (Wildman–Crippen MR) is 95.4 cm³/mol. The molecule has 2 amide bonds. The van der Waals surface area contributed by atoms with E-state index in [4.69, 9.17) is 4.52 Å². The van der Waals surface area contributed by atoms with Crippen molar-refractivity contribution in [2.75, 3.05) is 5.32 Å². The smallest absolute Gasteiger partial charge is 0.320 e. The Morgan fingerprint density at radius 3 is 2.58 bits per heavy atom. The van der Waals surface area contributed by atoms with Crippen molar-refractivity contribution in [3.05, 3.63) is 48.2 Å². The van der Waals surface area contributed by atoms with Gasteiger partial charge in [0.1, 0.15) is 5.54 Å². The fourth-order valence-electron chi connectivity index (χ4n) is 3.41. The van der Waals surface area contributed by atoms with Gasteiger partial charge in [-0.2, -0.15) is 10.1 Å². The highest BCUT2D eigenvalue weighted by Crippen LogP contribution is 2.37. The molecule has 3 N–H and O–H groups in total. The lowest BCUT2D eigenvalue weighted by molar-refractivity contribution is 0.232. The largest absolute Gasteiger partial charge is 0.340 e. The van der Waals surface area contributed by atoms with Gasteiger partial charge >= 0.3 is 6.03 Å². The van der Waals surface area contributed by atoms with E-state index in [0.717, 1.165) is 36.9 Å². The number of nitrogens with zero attached hydrogens (tertiary/aromatic N) is 3. The molecule has 134 valence electrons. The summed E-state index contributed by atoms with van der Waals surface area (Å²) in [6.45, 7) is 1.75. The summed E-state index contributed by atoms with van der Waals surface area (Å²) in [5.41, 5.74) is 2.09. The van der Waals surface area contributed by atoms with Gasteiger partial charge in [0.05, 0.1) is 5.69 Å². The summed E-state index contributed by atoms with van der Waals surface area (Å²) in [5, 5.41) is 16.8. The number of amides is 2. The lowest BCUT2D eigenvalue weighted by atomic mass is 9.97. The molecule has 1 aliphatic carbocycles. The van der Waals surface area contributed by atoms with Crippen molar-refractivity contribution in [3.8, 4) is 11.3 Å². The molecule has 0 aliphatic heterocycles. The van der Waals surface area contributed by atoms with Crippen molar-refractivity contribution < 1.29 is 9.32 Å². The highest BCUT2D eigenvalue weighted by atomic mass is 16.5. The lowest BCUT2D eigenvalue weighted by Gasteiger charge is -2.26. The van der Waals surface area contributed by atoms with Crippen molar-refractivity contribution in [1.82, 2.24) is 25.7 Å². The molecule has 1 saturated carbocycles. The number of aromatic nitrogens is 4. The van der Waals surface area contributed by atoms with E-state index in [-0.39, 0.29) is 6.03 Å². The van der Waals surface area contributed by atoms with E-state index in [2.05, 4.69) is 31.0 Å². The summed E-state index contributed by atoms with van der Waals surface area (Å²) in [6.07, 6.45) is 5.35. The van der Waals surface area contributed by atoms with Gasteiger partial charge in [-0.1, -0.05) is 30.1 Å². The highest BCUT2D eigenvalue weighted by Gasteiger charge is 2.41. The Bertz CT molecular complexity index is 879. The zero-order chi connectivity index (χ0) is 18.0. The average molecular weight is 352 g/mol. The second-order valence-electron chi connectivity index (χ2n) is 6.55. The van der Waals surface area contributed by atoms with E-state index in [0.29, 0.717) is 17.4 Å². The van der Waals surface area contributed by atoms with Crippen LogP contribution in [0.25, 0.3) is 11.3 Å². The first-order valence-electron chi connectivity index (χ1n) is 8.64. The van der Waals surface area contributed by atoms with E-state index in [1.807, 2.05) is 30.3 Å². The highest BCUT2D eigenvalue weighted by molar-refractivity contribution is 5.90. The number of carbonyl (C=O) groups excluding carboxylic acids is 1. The van der Waals surface area contributed by atoms with Crippen LogP contribution in [0.1, 0.15) is 37.4 Å². The first kappa shape index (κ1) is 16.3. The minimum Gasteiger partial charge on any atom is -0.340 e. The molecular weight excluding hydrogens is 332 g/mol. The van der Waals surface area contributed by atoms with Crippen molar-refractivity contribution in [2.45, 2.75) is 38.1 Å². The molecule has 26 heavy (non-hydrogen) atoms. The van der Waals surface area contributed by atoms with Gasteiger partial charge in [-0.05, 0) is 36.6 Å². The fourth-order valence-corrected chi connectivity index (χ4v) is 3.41. The molecule has 4 rings (SSSR count). The minimum absolute atomic E-state index is 0.274. The summed E-state index contributed by atoms with van der Waals surface area (Å²) in [7, 11) is 0. The number of rotatable bonds is 4. The molecule has 0 unspecified atom stereocenters. The molecule has 2 heterocycles. The average Bonchev–Trinajstić information content (AvgIpc) is 3.37. The molecule has 3 aromatic rings. The zero-order valence-corrected chi connectivity index (χ0v) is 14.5. The van der Waals surface area contributed by atoms with Crippen LogP contribution < -0.4 is 10.6 Å². The summed E-state index contributed by atoms with van der Waals surface area (Å²) < 4.78 is 5.11. The maximum Gasteiger partial charge on any atom is 0.320 e. The number of hydrogen-bond acceptors (Lipinski definition) is 5. The first-order valence-corrected chi connectivity index (χ1v) is 8.64. The van der Waals surface area contributed by atoms with E-state index >= 15 is 0 Å². The van der Waals surface area contributed by atoms with Crippen LogP contribution in [-0.2, 0) is 5.54 Å². The van der Waals surface area contributed by atoms with E-state index < -0.39 is 5.54 Å². The number of nitrogens with one attached hydrogen (secondary N) is 3. The van der Waals surface area contributed by atoms with Crippen LogP contribution in [0.2, 0.25) is 0 Å². The quantitative estimate of drug-likeness (QED) is 0.667. The summed E-state index contributed by atoms with van der Waals surface area (Å²) >= 11 is 0. The predicted octanol–water partition coefficient (Wildman–Crippen LogP) is 3.36. The van der Waals surface area contributed by atoms with Crippen molar-refractivity contribution in [1.29, 1.82) is 0 Å². The third-order valence-corrected chi connectivity index (χ3v) is 4.72. The zero-order valence-electron chi connectivity index (χ0n) is 14.5. The number of anilines is 1. The molecule has 0 saturated heterocycles. The van der Waals surface area contributed by atoms with Gasteiger partial charge in [0.2, 0.25) is 5.89 Å². The second-order valence-corrected chi connectivity index (χ2v) is 6.55. The summed E-state index contributed by atoms with van der Waals surface area (Å²) in [5.74, 6) is 1.06. The third-order valence-electron chi connectivity index (χ3n) is 4.72. The number of benzene rings is 1. The molecule has 0 bridgehead atoms. The number of aromatic amines is 1. The number of carbonyl (C=O) groups is 1. The van der Waals surface area contributed by atoms with Crippen molar-refractivity contribution >= 4 is 11.7 Å². The topological polar surface area (TPSA) is 109 Å². The van der Waals surface area contributed by atoms with Gasteiger partial charge in [0.15, 0.2) is 5.82 Å². The SMILES string of the molecule is Cc1nc(C2(NC(=O)Nc3ccc(-c4ccn[nH]4)cc3)CCCC2)no1. The van der Waals surface area contributed by atoms with Gasteiger partial charge in [0, 0.05) is 18.8 Å². The molecule has 1 aromatic carbocycles. The molecule has 8 heteroatoms. The first-order chi connectivity index (χ1) is 12.6. The Balaban J connectivity index is 1.46. The van der Waals surface area contributed by atoms with Crippen LogP contribution in [0.4, 0.5) is 10.5 Å². The van der Waals surface area contributed by atoms with E-state index in [1.54, 1.807) is 13.1 Å². The lowest BCUT2D eigenvalue weighted by Crippen LogP contribution is -2.46. The molecule has 0 atom stereocenters. The Kier molecular flexibility index (Phi) is 4.16. The minimum atomic E-state index is -0.558. The van der Waals surface area contributed by atoms with Gasteiger partial charge in [-0.25, -0.2) is 4.79 Å². The van der Waals surface area contributed by atoms with Gasteiger partial charge < -0.3 is 15.2 Å². The van der Waals surface area contributed by atoms with Crippen LogP contribution in [0, 0.1) is 6.92 Å². The Morgan fingerprint density at radius 1 is 1.19 bits per heavy atom. The normalized spacial score (nSPS) is 15.7. The van der Waals surface area contributed by atoms with Gasteiger partial charge in [-0.3, -0.25) is 5.10 Å². The number of aryl methyl sites for hydroxylation is 1. The monoisotopic (exact) mass is 352 g/mol. The van der Waals surface area contributed by atoms with Crippen LogP contribution in [-0.4, -0.2) is 26.4 Å². The maximum absolute atomic E-state index is 12.5. The molecule has 8 nitrogen and oxygen atoms in total. The van der Waals surface area contributed by atoms with Crippen LogP contribution in [0.5, 0.6) is 0 Å². The van der Waals surface area contributed by atoms with E-state index in [9.17, 15) is 4.79 Å². The Labute approximate surface area is 150 Å². The molecular formula is C18H20N6O2. The Hall–Kier alpha value is -3.16. The van der Waals surface area contributed by atoms with Gasteiger partial charge in [0.25, 0.3) is 0 Å². The third kappa shape index (κ3) is 3.17. The molecule has 1 aliphatic rings. The molecule has 2 aromatic heterocycles. The van der Waals surface area contributed by atoms with Crippen LogP contribution in [0.3, 0.4) is 0 Å². The fraction of sp³-hybridized carbons (Fsp3) is 0.333. The molecule has 1 fully saturated rings. The summed E-state index contributed by atoms with van der Waals surface area (Å²) in [6, 6.07) is 9.19. The number of urea groups is 1. The van der Waals surface area contributed by atoms with Crippen LogP contribution in [0.15, 0.2) is 41.1 Å². The van der Waals surface area contributed by atoms with Crippen molar-refractivity contribution in [2.24, 2.45) is 0 Å². The van der Waals surface area contributed by atoms with E-state index in [1.165, 1.54) is 0 Å². The van der Waals surface area contributed by atoms with Crippen LogP contribution >= 0.6 is 0 Å². The van der Waals surface area contributed by atoms with Gasteiger partial charge in [-0.15, -0.1) is 0 Å². The maximum atomic E-state index is 12.5. The summed E-state index contributed by atoms with van der Waals surface area (Å²) in [4.78, 5) is 16.9. The molecule has 0 radical (unpaired) electrons. The van der Waals surface area contributed by atoms with Crippen molar-refractivity contribution in [3.63, 3.8) is 0 Å². The standard InChI is InChI=1S/C18H20N6O2/c1-12-20-16(24-26-12)18(9-2-3-10-18)22-17(25)21-14-6-4-13(5-7-14)15-8-11-19-23-15/h4-8,11H,2-3,9-10H2,1H3,(H,19,23)(H2,21,22,25). The second kappa shape index (κ2) is 6.62. The molecule has 0 spiro atoms. The Morgan fingerprint density at radius 2 is 1.96 bits per heavy atom. The number of H-pyrrole nitrogens is 1. The number of hydrogen-bond donors (Lipinski definition) is 3.